The minimum Gasteiger partial charge on any atom is -0.457 e. The Morgan fingerprint density at radius 2 is 1.14 bits per heavy atom. The summed E-state index contributed by atoms with van der Waals surface area (Å²) in [6, 6.07) is 55.8. The van der Waals surface area contributed by atoms with Gasteiger partial charge in [0.05, 0.1) is 16.8 Å². The molecule has 1 unspecified atom stereocenters. The molecule has 7 aromatic rings. The van der Waals surface area contributed by atoms with E-state index in [0.29, 0.717) is 5.82 Å². The minimum atomic E-state index is -0.497. The van der Waals surface area contributed by atoms with Crippen LogP contribution >= 0.6 is 0 Å². The topological polar surface area (TPSA) is 35.0 Å². The van der Waals surface area contributed by atoms with Crippen molar-refractivity contribution in [3.05, 3.63) is 209 Å². The Morgan fingerprint density at radius 1 is 0.520 bits per heavy atom. The zero-order chi connectivity index (χ0) is 33.1. The fourth-order valence-corrected chi connectivity index (χ4v) is 8.23. The second kappa shape index (κ2) is 11.4. The van der Waals surface area contributed by atoms with Crippen molar-refractivity contribution < 1.29 is 4.74 Å². The first-order chi connectivity index (χ1) is 24.8. The molecular weight excluding hydrogens is 609 g/mol. The molecule has 0 N–H and O–H groups in total. The smallest absolute Gasteiger partial charge is 0.160 e. The van der Waals surface area contributed by atoms with Gasteiger partial charge in [-0.3, -0.25) is 0 Å². The van der Waals surface area contributed by atoms with Gasteiger partial charge in [0.2, 0.25) is 0 Å². The predicted molar refractivity (Wildman–Crippen MR) is 201 cm³/mol. The van der Waals surface area contributed by atoms with Crippen LogP contribution in [0.3, 0.4) is 0 Å². The third-order valence-electron chi connectivity index (χ3n) is 10.5. The molecule has 1 atom stereocenters. The van der Waals surface area contributed by atoms with E-state index in [2.05, 4.69) is 170 Å². The number of nitrogens with zero attached hydrogens (tertiary/aromatic N) is 2. The molecule has 3 aliphatic rings. The molecule has 0 saturated heterocycles. The highest BCUT2D eigenvalue weighted by atomic mass is 16.5. The first kappa shape index (κ1) is 28.7. The highest BCUT2D eigenvalue weighted by Gasteiger charge is 2.50. The Morgan fingerprint density at radius 3 is 1.84 bits per heavy atom. The number of rotatable bonds is 4. The van der Waals surface area contributed by atoms with Crippen LogP contribution < -0.4 is 4.74 Å². The van der Waals surface area contributed by atoms with Crippen LogP contribution in [-0.4, -0.2) is 9.97 Å². The van der Waals surface area contributed by atoms with Gasteiger partial charge in [-0.25, -0.2) is 9.97 Å². The lowest BCUT2D eigenvalue weighted by Crippen LogP contribution is -2.32. The molecule has 2 heterocycles. The third kappa shape index (κ3) is 4.37. The van der Waals surface area contributed by atoms with Crippen molar-refractivity contribution >= 4 is 5.57 Å². The molecule has 6 aromatic carbocycles. The van der Waals surface area contributed by atoms with E-state index >= 15 is 0 Å². The summed E-state index contributed by atoms with van der Waals surface area (Å²) in [6.45, 7) is 0. The zero-order valence-corrected chi connectivity index (χ0v) is 27.3. The fourth-order valence-electron chi connectivity index (χ4n) is 8.23. The highest BCUT2D eigenvalue weighted by Crippen LogP contribution is 2.62. The number of aromatic nitrogens is 2. The number of allylic oxidation sites excluding steroid dienone is 4. The maximum Gasteiger partial charge on any atom is 0.160 e. The number of benzene rings is 6. The minimum absolute atomic E-state index is 0.141. The van der Waals surface area contributed by atoms with Gasteiger partial charge >= 0.3 is 0 Å². The van der Waals surface area contributed by atoms with Crippen LogP contribution in [0.1, 0.15) is 45.8 Å². The van der Waals surface area contributed by atoms with E-state index in [1.807, 2.05) is 6.07 Å². The van der Waals surface area contributed by atoms with E-state index < -0.39 is 5.41 Å². The molecule has 3 nitrogen and oxygen atoms in total. The van der Waals surface area contributed by atoms with Crippen molar-refractivity contribution in [2.24, 2.45) is 0 Å². The molecule has 0 amide bonds. The Hall–Kier alpha value is -6.32. The van der Waals surface area contributed by atoms with Crippen molar-refractivity contribution in [1.82, 2.24) is 9.97 Å². The fraction of sp³-hybridized carbons (Fsp3) is 0.0638. The van der Waals surface area contributed by atoms with Gasteiger partial charge in [-0.05, 0) is 58.0 Å². The van der Waals surface area contributed by atoms with Gasteiger partial charge in [-0.1, -0.05) is 158 Å². The van der Waals surface area contributed by atoms with Crippen LogP contribution in [0, 0.1) is 0 Å². The molecule has 1 spiro atoms. The second-order valence-corrected chi connectivity index (χ2v) is 13.2. The van der Waals surface area contributed by atoms with Gasteiger partial charge < -0.3 is 4.74 Å². The molecule has 1 aromatic heterocycles. The van der Waals surface area contributed by atoms with E-state index in [9.17, 15) is 0 Å². The van der Waals surface area contributed by atoms with Crippen molar-refractivity contribution in [3.8, 4) is 45.3 Å². The summed E-state index contributed by atoms with van der Waals surface area (Å²) in [5, 5.41) is 0. The summed E-state index contributed by atoms with van der Waals surface area (Å²) < 4.78 is 6.80. The van der Waals surface area contributed by atoms with E-state index in [-0.39, 0.29) is 5.92 Å². The van der Waals surface area contributed by atoms with E-state index in [0.717, 1.165) is 51.6 Å². The Bertz CT molecular complexity index is 2450. The summed E-state index contributed by atoms with van der Waals surface area (Å²) in [4.78, 5) is 10.4. The number of ether oxygens (including phenoxy) is 1. The van der Waals surface area contributed by atoms with Gasteiger partial charge in [-0.15, -0.1) is 0 Å². The van der Waals surface area contributed by atoms with Gasteiger partial charge in [0, 0.05) is 28.2 Å². The maximum absolute atomic E-state index is 6.80. The molecule has 236 valence electrons. The summed E-state index contributed by atoms with van der Waals surface area (Å²) in [5.41, 5.74) is 13.3. The van der Waals surface area contributed by atoms with Crippen molar-refractivity contribution in [3.63, 3.8) is 0 Å². The molecule has 1 aliphatic heterocycles. The monoisotopic (exact) mass is 640 g/mol. The number of hydrogen-bond donors (Lipinski definition) is 0. The highest BCUT2D eigenvalue weighted by molar-refractivity contribution is 5.89. The average molecular weight is 641 g/mol. The average Bonchev–Trinajstić information content (AvgIpc) is 3.49. The summed E-state index contributed by atoms with van der Waals surface area (Å²) in [6.07, 6.45) is 7.71. The molecule has 0 bridgehead atoms. The van der Waals surface area contributed by atoms with E-state index in [1.165, 1.54) is 33.4 Å². The normalized spacial score (nSPS) is 16.1. The van der Waals surface area contributed by atoms with Crippen molar-refractivity contribution in [1.29, 1.82) is 0 Å². The van der Waals surface area contributed by atoms with Crippen molar-refractivity contribution in [2.45, 2.75) is 17.8 Å². The van der Waals surface area contributed by atoms with E-state index in [1.54, 1.807) is 0 Å². The lowest BCUT2D eigenvalue weighted by atomic mass is 9.66. The van der Waals surface area contributed by atoms with Crippen LogP contribution in [0.25, 0.3) is 39.3 Å². The molecule has 10 rings (SSSR count). The first-order valence-electron chi connectivity index (χ1n) is 17.3. The van der Waals surface area contributed by atoms with Crippen molar-refractivity contribution in [2.75, 3.05) is 0 Å². The predicted octanol–water partition coefficient (Wildman–Crippen LogP) is 11.4. The SMILES string of the molecule is C1=CC(c2cc(-c3ccccc3)nc(-c3ccc4c(c3)Oc3ccccc3C43c4ccccc4-c4ccccc43)n2)CC=C1c1ccccc1. The van der Waals surface area contributed by atoms with Gasteiger partial charge in [0.1, 0.15) is 11.5 Å². The van der Waals surface area contributed by atoms with Gasteiger partial charge in [0.15, 0.2) is 5.82 Å². The van der Waals surface area contributed by atoms with Crippen LogP contribution in [-0.2, 0) is 5.41 Å². The van der Waals surface area contributed by atoms with Crippen LogP contribution in [0.5, 0.6) is 11.5 Å². The molecular formula is C47H32N2O. The van der Waals surface area contributed by atoms with Gasteiger partial charge in [0.25, 0.3) is 0 Å². The third-order valence-corrected chi connectivity index (χ3v) is 10.5. The molecule has 3 heteroatoms. The van der Waals surface area contributed by atoms with Gasteiger partial charge in [-0.2, -0.15) is 0 Å². The zero-order valence-electron chi connectivity index (χ0n) is 27.3. The molecule has 0 saturated carbocycles. The maximum atomic E-state index is 6.80. The first-order valence-corrected chi connectivity index (χ1v) is 17.3. The van der Waals surface area contributed by atoms with Crippen LogP contribution in [0.4, 0.5) is 0 Å². The number of fused-ring (bicyclic) bond motifs is 9. The Balaban J connectivity index is 1.12. The lowest BCUT2D eigenvalue weighted by molar-refractivity contribution is 0.436. The second-order valence-electron chi connectivity index (χ2n) is 13.2. The molecule has 50 heavy (non-hydrogen) atoms. The molecule has 2 aliphatic carbocycles. The van der Waals surface area contributed by atoms with Crippen LogP contribution in [0.15, 0.2) is 176 Å². The summed E-state index contributed by atoms with van der Waals surface area (Å²) in [7, 11) is 0. The summed E-state index contributed by atoms with van der Waals surface area (Å²) >= 11 is 0. The standard InChI is InChI=1S/C47H32N2O/c1-3-13-31(14-4-1)32-23-25-34(26-24-32)43-30-42(33-15-5-2-6-16-33)48-46(49-43)35-27-28-41-45(29-35)50-44-22-12-11-21-40(44)47(41)38-19-9-7-17-36(38)37-18-8-10-20-39(37)47/h1-25,27-30,34H,26H2. The van der Waals surface area contributed by atoms with Crippen LogP contribution in [0.2, 0.25) is 0 Å². The number of hydrogen-bond acceptors (Lipinski definition) is 3. The summed E-state index contributed by atoms with van der Waals surface area (Å²) in [5.74, 6) is 2.54. The lowest BCUT2D eigenvalue weighted by Gasteiger charge is -2.39. The largest absolute Gasteiger partial charge is 0.457 e. The molecule has 0 fully saturated rings. The Kier molecular flexibility index (Phi) is 6.53. The quantitative estimate of drug-likeness (QED) is 0.192. The Labute approximate surface area is 291 Å². The molecule has 0 radical (unpaired) electrons. The van der Waals surface area contributed by atoms with E-state index in [4.69, 9.17) is 14.7 Å². The number of para-hydroxylation sites is 1.